The molecule has 22 heavy (non-hydrogen) atoms. The molecular weight excluding hydrogens is 266 g/mol. The summed E-state index contributed by atoms with van der Waals surface area (Å²) in [4.78, 5) is 1.77. The van der Waals surface area contributed by atoms with Crippen LogP contribution in [0.4, 0.5) is 0 Å². The van der Waals surface area contributed by atoms with E-state index in [2.05, 4.69) is 54.6 Å². The molecule has 0 spiro atoms. The molecule has 0 saturated carbocycles. The number of aryl methyl sites for hydroxylation is 1. The van der Waals surface area contributed by atoms with E-state index >= 15 is 0 Å². The first-order valence-electron chi connectivity index (χ1n) is 8.57. The van der Waals surface area contributed by atoms with Crippen LogP contribution >= 0.6 is 0 Å². The van der Waals surface area contributed by atoms with Crippen LogP contribution in [0.1, 0.15) is 29.5 Å². The molecule has 2 aromatic rings. The number of hydrogen-bond acceptors (Lipinski definition) is 0. The minimum Gasteiger partial charge on any atom is -0.331 e. The topological polar surface area (TPSA) is 4.44 Å². The molecular formula is C21H24N+. The number of fused-ring (bicyclic) bond motifs is 2. The number of nitrogens with one attached hydrogen (secondary N) is 1. The first-order valence-corrected chi connectivity index (χ1v) is 8.57. The Balaban J connectivity index is 1.46. The van der Waals surface area contributed by atoms with Gasteiger partial charge in [-0.25, -0.2) is 0 Å². The predicted molar refractivity (Wildman–Crippen MR) is 92.0 cm³/mol. The Morgan fingerprint density at radius 2 is 1.64 bits per heavy atom. The maximum absolute atomic E-state index is 2.33. The molecule has 0 saturated heterocycles. The molecule has 0 bridgehead atoms. The van der Waals surface area contributed by atoms with Gasteiger partial charge in [0.05, 0.1) is 19.6 Å². The van der Waals surface area contributed by atoms with Crippen molar-refractivity contribution in [3.63, 3.8) is 0 Å². The van der Waals surface area contributed by atoms with E-state index in [0.717, 1.165) is 0 Å². The fraction of sp³-hybridized carbons (Fsp3) is 0.333. The average Bonchev–Trinajstić information content (AvgIpc) is 2.60. The molecule has 4 rings (SSSR count). The van der Waals surface area contributed by atoms with Crippen LogP contribution in [0.25, 0.3) is 5.57 Å². The summed E-state index contributed by atoms with van der Waals surface area (Å²) in [5.41, 5.74) is 7.99. The lowest BCUT2D eigenvalue weighted by Crippen LogP contribution is -3.13. The fourth-order valence-electron chi connectivity index (χ4n) is 4.04. The molecule has 1 aliphatic heterocycles. The normalized spacial score (nSPS) is 20.5. The highest BCUT2D eigenvalue weighted by atomic mass is 15.1. The molecule has 1 atom stereocenters. The lowest BCUT2D eigenvalue weighted by molar-refractivity contribution is -0.896. The van der Waals surface area contributed by atoms with Crippen LogP contribution in [0, 0.1) is 0 Å². The van der Waals surface area contributed by atoms with Crippen molar-refractivity contribution >= 4 is 5.57 Å². The Morgan fingerprint density at radius 1 is 0.818 bits per heavy atom. The first kappa shape index (κ1) is 13.8. The van der Waals surface area contributed by atoms with Gasteiger partial charge in [0, 0.05) is 12.8 Å². The molecule has 1 N–H and O–H groups in total. The molecule has 0 amide bonds. The third-order valence-electron chi connectivity index (χ3n) is 5.27. The zero-order chi connectivity index (χ0) is 14.8. The van der Waals surface area contributed by atoms with E-state index < -0.39 is 0 Å². The van der Waals surface area contributed by atoms with Crippen LogP contribution in [0.2, 0.25) is 0 Å². The second-order valence-electron chi connectivity index (χ2n) is 6.65. The van der Waals surface area contributed by atoms with Gasteiger partial charge in [0.1, 0.15) is 0 Å². The monoisotopic (exact) mass is 290 g/mol. The number of hydrogen-bond donors (Lipinski definition) is 1. The van der Waals surface area contributed by atoms with Crippen LogP contribution in [0.5, 0.6) is 0 Å². The van der Waals surface area contributed by atoms with Crippen molar-refractivity contribution in [2.24, 2.45) is 0 Å². The summed E-state index contributed by atoms with van der Waals surface area (Å²) in [5, 5.41) is 0. The van der Waals surface area contributed by atoms with Gasteiger partial charge in [-0.1, -0.05) is 54.6 Å². The molecule has 1 nitrogen and oxygen atoms in total. The van der Waals surface area contributed by atoms with Gasteiger partial charge in [0.25, 0.3) is 0 Å². The van der Waals surface area contributed by atoms with Gasteiger partial charge in [0.2, 0.25) is 0 Å². The summed E-state index contributed by atoms with van der Waals surface area (Å²) < 4.78 is 0. The Labute approximate surface area is 133 Å². The summed E-state index contributed by atoms with van der Waals surface area (Å²) in [6.07, 6.45) is 4.98. The van der Waals surface area contributed by atoms with E-state index in [1.165, 1.54) is 50.9 Å². The van der Waals surface area contributed by atoms with Gasteiger partial charge in [-0.05, 0) is 40.7 Å². The van der Waals surface area contributed by atoms with Gasteiger partial charge in [0.15, 0.2) is 0 Å². The molecule has 2 aliphatic rings. The van der Waals surface area contributed by atoms with Crippen molar-refractivity contribution in [1.29, 1.82) is 0 Å². The molecule has 0 radical (unpaired) electrons. The van der Waals surface area contributed by atoms with Crippen molar-refractivity contribution in [3.8, 4) is 0 Å². The Morgan fingerprint density at radius 3 is 2.55 bits per heavy atom. The van der Waals surface area contributed by atoms with Gasteiger partial charge in [-0.15, -0.1) is 0 Å². The summed E-state index contributed by atoms with van der Waals surface area (Å²) >= 11 is 0. The van der Waals surface area contributed by atoms with Gasteiger partial charge in [-0.3, -0.25) is 0 Å². The van der Waals surface area contributed by atoms with E-state index in [1.807, 2.05) is 0 Å². The molecule has 0 fully saturated rings. The Bertz CT molecular complexity index is 684. The molecule has 1 aliphatic carbocycles. The summed E-state index contributed by atoms with van der Waals surface area (Å²) in [5.74, 6) is 0. The third-order valence-corrected chi connectivity index (χ3v) is 5.27. The average molecular weight is 290 g/mol. The Kier molecular flexibility index (Phi) is 3.82. The van der Waals surface area contributed by atoms with Crippen LogP contribution in [0.15, 0.2) is 60.2 Å². The van der Waals surface area contributed by atoms with Crippen LogP contribution in [-0.2, 0) is 12.8 Å². The van der Waals surface area contributed by atoms with E-state index in [4.69, 9.17) is 0 Å². The van der Waals surface area contributed by atoms with Crippen LogP contribution in [-0.4, -0.2) is 19.6 Å². The SMILES string of the molecule is c1ccc(CC[NH+]2CCC3=C(CCc4ccccc43)C2)cc1. The van der Waals surface area contributed by atoms with Crippen molar-refractivity contribution < 1.29 is 4.90 Å². The van der Waals surface area contributed by atoms with E-state index in [1.54, 1.807) is 27.2 Å². The van der Waals surface area contributed by atoms with Crippen molar-refractivity contribution in [3.05, 3.63) is 76.9 Å². The summed E-state index contributed by atoms with van der Waals surface area (Å²) in [7, 11) is 0. The Hall–Kier alpha value is -1.86. The highest BCUT2D eigenvalue weighted by Crippen LogP contribution is 2.33. The minimum absolute atomic E-state index is 1.20. The zero-order valence-corrected chi connectivity index (χ0v) is 13.1. The van der Waals surface area contributed by atoms with Gasteiger partial charge >= 0.3 is 0 Å². The molecule has 2 aromatic carbocycles. The minimum atomic E-state index is 1.20. The van der Waals surface area contributed by atoms with Crippen LogP contribution < -0.4 is 4.90 Å². The van der Waals surface area contributed by atoms with Gasteiger partial charge in [-0.2, -0.15) is 0 Å². The van der Waals surface area contributed by atoms with Crippen LogP contribution in [0.3, 0.4) is 0 Å². The molecule has 1 unspecified atom stereocenters. The summed E-state index contributed by atoms with van der Waals surface area (Å²) in [6.45, 7) is 3.82. The first-order chi connectivity index (χ1) is 10.9. The highest BCUT2D eigenvalue weighted by Gasteiger charge is 2.26. The van der Waals surface area contributed by atoms with E-state index in [0.29, 0.717) is 0 Å². The number of benzene rings is 2. The van der Waals surface area contributed by atoms with Crippen molar-refractivity contribution in [2.75, 3.05) is 19.6 Å². The second-order valence-corrected chi connectivity index (χ2v) is 6.65. The van der Waals surface area contributed by atoms with Crippen molar-refractivity contribution in [2.45, 2.75) is 25.7 Å². The number of quaternary nitrogens is 1. The zero-order valence-electron chi connectivity index (χ0n) is 13.1. The standard InChI is InChI=1S/C21H23N/c1-2-6-17(7-3-1)12-14-22-15-13-21-19(16-22)11-10-18-8-4-5-9-20(18)21/h1-9H,10-16H2/p+1. The maximum Gasteiger partial charge on any atom is 0.0994 e. The largest absolute Gasteiger partial charge is 0.331 e. The lowest BCUT2D eigenvalue weighted by Gasteiger charge is -2.32. The summed E-state index contributed by atoms with van der Waals surface area (Å²) in [6, 6.07) is 19.9. The lowest BCUT2D eigenvalue weighted by atomic mass is 9.82. The second kappa shape index (κ2) is 6.10. The van der Waals surface area contributed by atoms with Crippen molar-refractivity contribution in [1.82, 2.24) is 0 Å². The van der Waals surface area contributed by atoms with E-state index in [-0.39, 0.29) is 0 Å². The maximum atomic E-state index is 2.33. The van der Waals surface area contributed by atoms with E-state index in [9.17, 15) is 0 Å². The van der Waals surface area contributed by atoms with Gasteiger partial charge < -0.3 is 4.90 Å². The molecule has 1 heteroatoms. The quantitative estimate of drug-likeness (QED) is 0.886. The molecule has 112 valence electrons. The highest BCUT2D eigenvalue weighted by molar-refractivity contribution is 5.73. The number of rotatable bonds is 3. The third kappa shape index (κ3) is 2.74. The predicted octanol–water partition coefficient (Wildman–Crippen LogP) is 2.92. The fourth-order valence-corrected chi connectivity index (χ4v) is 4.04. The molecule has 1 heterocycles. The molecule has 0 aromatic heterocycles. The smallest absolute Gasteiger partial charge is 0.0994 e.